The fourth-order valence-corrected chi connectivity index (χ4v) is 4.45. The molecule has 0 saturated carbocycles. The van der Waals surface area contributed by atoms with Crippen LogP contribution < -0.4 is 26.6 Å². The second-order valence-electron chi connectivity index (χ2n) is 9.04. The van der Waals surface area contributed by atoms with Gasteiger partial charge in [0.15, 0.2) is 11.6 Å². The lowest BCUT2D eigenvalue weighted by atomic mass is 10.2. The number of benzene rings is 2. The van der Waals surface area contributed by atoms with Crippen molar-refractivity contribution >= 4 is 29.4 Å². The average Bonchev–Trinajstić information content (AvgIpc) is 3.21. The van der Waals surface area contributed by atoms with E-state index in [9.17, 15) is 9.59 Å². The number of carbonyl (C=O) groups excluding carboxylic acids is 2. The molecule has 3 heterocycles. The molecule has 2 aliphatic heterocycles. The quantitative estimate of drug-likeness (QED) is 0.403. The number of urea groups is 2. The van der Waals surface area contributed by atoms with Crippen LogP contribution >= 0.6 is 0 Å². The van der Waals surface area contributed by atoms with Gasteiger partial charge in [0, 0.05) is 43.1 Å². The minimum atomic E-state index is -0.502. The first-order valence-electron chi connectivity index (χ1n) is 12.7. The highest BCUT2D eigenvalue weighted by atomic mass is 16.5. The topological polar surface area (TPSA) is 151 Å². The highest BCUT2D eigenvalue weighted by Gasteiger charge is 2.29. The molecule has 2 fully saturated rings. The molecular formula is C26H31N9O3. The summed E-state index contributed by atoms with van der Waals surface area (Å²) >= 11 is 0. The summed E-state index contributed by atoms with van der Waals surface area (Å²) in [6.45, 7) is 4.28. The number of nitrogens with two attached hydrogens (primary N) is 1. The number of nitrogens with zero attached hydrogens (tertiary/aromatic N) is 5. The summed E-state index contributed by atoms with van der Waals surface area (Å²) in [5.74, 6) is 1.49. The van der Waals surface area contributed by atoms with Crippen LogP contribution in [0.15, 0.2) is 54.6 Å². The molecule has 1 unspecified atom stereocenters. The van der Waals surface area contributed by atoms with Gasteiger partial charge in [-0.05, 0) is 49.4 Å². The zero-order valence-electron chi connectivity index (χ0n) is 21.0. The SMILES string of the molecule is NC(=O)N1CCCNCC1c1nc(-c2ccc(NC(=O)Nc3ccccc3)cc2)nc(N2CCOCC2)n1. The fourth-order valence-electron chi connectivity index (χ4n) is 4.45. The number of hydrogen-bond acceptors (Lipinski definition) is 8. The Bertz CT molecular complexity index is 1250. The van der Waals surface area contributed by atoms with Crippen molar-refractivity contribution in [3.05, 3.63) is 60.4 Å². The molecule has 2 aromatic carbocycles. The molecular weight excluding hydrogens is 486 g/mol. The van der Waals surface area contributed by atoms with Gasteiger partial charge in [-0.25, -0.2) is 14.6 Å². The van der Waals surface area contributed by atoms with Gasteiger partial charge in [0.1, 0.15) is 6.04 Å². The van der Waals surface area contributed by atoms with Gasteiger partial charge >= 0.3 is 12.1 Å². The molecule has 198 valence electrons. The summed E-state index contributed by atoms with van der Waals surface area (Å²) in [6.07, 6.45) is 0.792. The number of morpholine rings is 1. The third-order valence-corrected chi connectivity index (χ3v) is 6.42. The van der Waals surface area contributed by atoms with Gasteiger partial charge in [0.2, 0.25) is 5.95 Å². The molecule has 5 rings (SSSR count). The van der Waals surface area contributed by atoms with Crippen molar-refractivity contribution in [2.24, 2.45) is 5.73 Å². The highest BCUT2D eigenvalue weighted by Crippen LogP contribution is 2.26. The molecule has 2 saturated heterocycles. The molecule has 12 nitrogen and oxygen atoms in total. The van der Waals surface area contributed by atoms with Crippen LogP contribution in [0.25, 0.3) is 11.4 Å². The third-order valence-electron chi connectivity index (χ3n) is 6.42. The average molecular weight is 518 g/mol. The Labute approximate surface area is 220 Å². The van der Waals surface area contributed by atoms with Crippen molar-refractivity contribution < 1.29 is 14.3 Å². The predicted molar refractivity (Wildman–Crippen MR) is 144 cm³/mol. The number of anilines is 3. The molecule has 2 aliphatic rings. The summed E-state index contributed by atoms with van der Waals surface area (Å²) < 4.78 is 5.50. The van der Waals surface area contributed by atoms with E-state index in [2.05, 4.69) is 20.9 Å². The van der Waals surface area contributed by atoms with E-state index in [1.807, 2.05) is 42.5 Å². The van der Waals surface area contributed by atoms with Gasteiger partial charge in [-0.3, -0.25) is 0 Å². The lowest BCUT2D eigenvalue weighted by Gasteiger charge is -2.30. The number of rotatable bonds is 5. The monoisotopic (exact) mass is 517 g/mol. The normalized spacial score (nSPS) is 17.9. The molecule has 1 aromatic heterocycles. The summed E-state index contributed by atoms with van der Waals surface area (Å²) in [4.78, 5) is 42.6. The summed E-state index contributed by atoms with van der Waals surface area (Å²) in [6, 6.07) is 15.2. The smallest absolute Gasteiger partial charge is 0.323 e. The van der Waals surface area contributed by atoms with Gasteiger partial charge in [-0.15, -0.1) is 0 Å². The van der Waals surface area contributed by atoms with Crippen molar-refractivity contribution in [3.63, 3.8) is 0 Å². The van der Waals surface area contributed by atoms with E-state index in [0.717, 1.165) is 18.5 Å². The second-order valence-corrected chi connectivity index (χ2v) is 9.04. The van der Waals surface area contributed by atoms with Crippen LogP contribution in [0.5, 0.6) is 0 Å². The largest absolute Gasteiger partial charge is 0.378 e. The van der Waals surface area contributed by atoms with Crippen molar-refractivity contribution in [1.82, 2.24) is 25.2 Å². The number of para-hydroxylation sites is 1. The molecule has 38 heavy (non-hydrogen) atoms. The van der Waals surface area contributed by atoms with E-state index in [1.54, 1.807) is 17.0 Å². The Kier molecular flexibility index (Phi) is 7.90. The van der Waals surface area contributed by atoms with Crippen LogP contribution in [0.1, 0.15) is 18.3 Å². The number of hydrogen-bond donors (Lipinski definition) is 4. The Hall–Kier alpha value is -4.29. The minimum Gasteiger partial charge on any atom is -0.378 e. The van der Waals surface area contributed by atoms with Gasteiger partial charge < -0.3 is 36.2 Å². The number of carbonyl (C=O) groups is 2. The molecule has 4 amide bonds. The molecule has 5 N–H and O–H groups in total. The zero-order chi connectivity index (χ0) is 26.3. The van der Waals surface area contributed by atoms with Crippen LogP contribution in [0.3, 0.4) is 0 Å². The van der Waals surface area contributed by atoms with Crippen molar-refractivity contribution in [1.29, 1.82) is 0 Å². The van der Waals surface area contributed by atoms with Crippen LogP contribution in [-0.2, 0) is 4.74 Å². The van der Waals surface area contributed by atoms with E-state index >= 15 is 0 Å². The Balaban J connectivity index is 1.41. The summed E-state index contributed by atoms with van der Waals surface area (Å²) in [7, 11) is 0. The number of aromatic nitrogens is 3. The number of ether oxygens (including phenoxy) is 1. The van der Waals surface area contributed by atoms with Crippen LogP contribution in [0.4, 0.5) is 26.9 Å². The molecule has 0 bridgehead atoms. The molecule has 3 aromatic rings. The minimum absolute atomic E-state index is 0.339. The number of amides is 4. The van der Waals surface area contributed by atoms with E-state index in [4.69, 9.17) is 25.4 Å². The molecule has 0 aliphatic carbocycles. The first-order valence-corrected chi connectivity index (χ1v) is 12.7. The lowest BCUT2D eigenvalue weighted by Crippen LogP contribution is -2.42. The first-order chi connectivity index (χ1) is 18.6. The summed E-state index contributed by atoms with van der Waals surface area (Å²) in [5.41, 5.74) is 7.80. The standard InChI is InChI=1S/C26H31N9O3/c27-24(36)35-12-4-11-28-17-21(35)23-31-22(32-25(33-23)34-13-15-38-16-14-34)18-7-9-20(10-8-18)30-26(37)29-19-5-2-1-3-6-19/h1-3,5-10,21,28H,4,11-17H2,(H2,27,36)(H2,29,30,37). The van der Waals surface area contributed by atoms with Crippen LogP contribution in [-0.4, -0.2) is 77.9 Å². The van der Waals surface area contributed by atoms with Gasteiger partial charge in [0.05, 0.1) is 13.2 Å². The Morgan fingerprint density at radius 2 is 1.63 bits per heavy atom. The Morgan fingerprint density at radius 3 is 2.34 bits per heavy atom. The highest BCUT2D eigenvalue weighted by molar-refractivity contribution is 5.99. The molecule has 0 spiro atoms. The third kappa shape index (κ3) is 6.15. The fraction of sp³-hybridized carbons (Fsp3) is 0.346. The van der Waals surface area contributed by atoms with E-state index in [0.29, 0.717) is 68.4 Å². The molecule has 12 heteroatoms. The maximum Gasteiger partial charge on any atom is 0.323 e. The van der Waals surface area contributed by atoms with Gasteiger partial charge in [-0.1, -0.05) is 18.2 Å². The van der Waals surface area contributed by atoms with Gasteiger partial charge in [-0.2, -0.15) is 9.97 Å². The molecule has 0 radical (unpaired) electrons. The first kappa shape index (κ1) is 25.4. The van der Waals surface area contributed by atoms with Gasteiger partial charge in [0.25, 0.3) is 0 Å². The van der Waals surface area contributed by atoms with E-state index < -0.39 is 12.1 Å². The summed E-state index contributed by atoms with van der Waals surface area (Å²) in [5, 5.41) is 8.98. The second kappa shape index (κ2) is 11.8. The van der Waals surface area contributed by atoms with Crippen LogP contribution in [0.2, 0.25) is 0 Å². The van der Waals surface area contributed by atoms with Crippen molar-refractivity contribution in [3.8, 4) is 11.4 Å². The van der Waals surface area contributed by atoms with Crippen LogP contribution in [0, 0.1) is 0 Å². The van der Waals surface area contributed by atoms with Crippen molar-refractivity contribution in [2.45, 2.75) is 12.5 Å². The maximum atomic E-state index is 12.4. The zero-order valence-corrected chi connectivity index (χ0v) is 21.0. The van der Waals surface area contributed by atoms with E-state index in [1.165, 1.54) is 0 Å². The van der Waals surface area contributed by atoms with E-state index in [-0.39, 0.29) is 6.03 Å². The molecule has 1 atom stereocenters. The number of nitrogens with one attached hydrogen (secondary N) is 3. The number of primary amides is 1. The predicted octanol–water partition coefficient (Wildman–Crippen LogP) is 2.43. The Morgan fingerprint density at radius 1 is 0.921 bits per heavy atom. The maximum absolute atomic E-state index is 12.4. The van der Waals surface area contributed by atoms with Crippen molar-refractivity contribution in [2.75, 3.05) is 61.5 Å². The lowest BCUT2D eigenvalue weighted by molar-refractivity contribution is 0.122.